The number of carbonyl (C=O) groups is 2. The number of rotatable bonds is 16. The number of methoxy groups -OCH3 is 1. The molecular weight excluding hydrogens is 516 g/mol. The van der Waals surface area contributed by atoms with E-state index in [0.29, 0.717) is 31.6 Å². The van der Waals surface area contributed by atoms with Crippen LogP contribution in [0.5, 0.6) is 5.75 Å². The van der Waals surface area contributed by atoms with E-state index >= 15 is 0 Å². The number of amides is 2. The van der Waals surface area contributed by atoms with Gasteiger partial charge in [-0.3, -0.25) is 9.59 Å². The number of hydrogen-bond acceptors (Lipinski definition) is 5. The highest BCUT2D eigenvalue weighted by Gasteiger charge is 2.52. The molecule has 2 amide bonds. The van der Waals surface area contributed by atoms with E-state index in [1.807, 2.05) is 49.9 Å². The second-order valence-corrected chi connectivity index (χ2v) is 10.8. The molecule has 0 heterocycles. The van der Waals surface area contributed by atoms with Gasteiger partial charge in [0, 0.05) is 44.6 Å². The molecule has 1 fully saturated rings. The van der Waals surface area contributed by atoms with Crippen molar-refractivity contribution in [3.8, 4) is 5.75 Å². The molecule has 2 aromatic carbocycles. The number of carbonyl (C=O) groups excluding carboxylic acids is 2. The number of hydrogen-bond donors (Lipinski definition) is 3. The van der Waals surface area contributed by atoms with Gasteiger partial charge in [0.15, 0.2) is 0 Å². The van der Waals surface area contributed by atoms with E-state index in [4.69, 9.17) is 4.74 Å². The SMILES string of the molecule is CCCN(CCC)C(=O)C[C@@H]1[C@H](C)[C@H]1C(=O)N[C@@H](Cc1cc(F)cc(F)c1)[C@H](O)CNCc1cccc(OC)c1. The first-order valence-corrected chi connectivity index (χ1v) is 14.2. The fourth-order valence-corrected chi connectivity index (χ4v) is 5.36. The molecule has 0 radical (unpaired) electrons. The lowest BCUT2D eigenvalue weighted by Crippen LogP contribution is -2.49. The van der Waals surface area contributed by atoms with Crippen LogP contribution in [-0.4, -0.2) is 60.7 Å². The van der Waals surface area contributed by atoms with E-state index in [-0.39, 0.29) is 42.5 Å². The van der Waals surface area contributed by atoms with Crippen LogP contribution in [-0.2, 0) is 22.6 Å². The Balaban J connectivity index is 1.65. The molecule has 1 saturated carbocycles. The number of benzene rings is 2. The van der Waals surface area contributed by atoms with Crippen molar-refractivity contribution in [3.05, 3.63) is 65.2 Å². The van der Waals surface area contributed by atoms with E-state index < -0.39 is 23.8 Å². The summed E-state index contributed by atoms with van der Waals surface area (Å²) >= 11 is 0. The lowest BCUT2D eigenvalue weighted by Gasteiger charge is -2.25. The first-order valence-electron chi connectivity index (χ1n) is 14.2. The summed E-state index contributed by atoms with van der Waals surface area (Å²) in [6.07, 6.45) is 1.08. The van der Waals surface area contributed by atoms with Crippen LogP contribution in [0.1, 0.15) is 51.2 Å². The first kappa shape index (κ1) is 31.5. The van der Waals surface area contributed by atoms with E-state index in [1.165, 1.54) is 12.1 Å². The Kier molecular flexibility index (Phi) is 11.9. The van der Waals surface area contributed by atoms with Crippen molar-refractivity contribution in [1.29, 1.82) is 0 Å². The van der Waals surface area contributed by atoms with Gasteiger partial charge in [0.05, 0.1) is 19.3 Å². The summed E-state index contributed by atoms with van der Waals surface area (Å²) in [5, 5.41) is 17.2. The Bertz CT molecular complexity index is 1110. The molecule has 0 aliphatic heterocycles. The van der Waals surface area contributed by atoms with Crippen molar-refractivity contribution >= 4 is 11.8 Å². The summed E-state index contributed by atoms with van der Waals surface area (Å²) in [6, 6.07) is 9.93. The Hall–Kier alpha value is -3.04. The average molecular weight is 560 g/mol. The van der Waals surface area contributed by atoms with Crippen LogP contribution >= 0.6 is 0 Å². The topological polar surface area (TPSA) is 90.9 Å². The van der Waals surface area contributed by atoms with Crippen LogP contribution in [0.2, 0.25) is 0 Å². The van der Waals surface area contributed by atoms with E-state index in [2.05, 4.69) is 10.6 Å². The minimum absolute atomic E-state index is 0.0321. The maximum atomic E-state index is 13.9. The second kappa shape index (κ2) is 15.1. The third-order valence-corrected chi connectivity index (χ3v) is 7.60. The number of halogens is 2. The zero-order valence-corrected chi connectivity index (χ0v) is 24.0. The van der Waals surface area contributed by atoms with E-state index in [1.54, 1.807) is 7.11 Å². The normalized spacial score (nSPS) is 19.5. The molecule has 7 nitrogen and oxygen atoms in total. The molecule has 1 aliphatic carbocycles. The summed E-state index contributed by atoms with van der Waals surface area (Å²) < 4.78 is 33.0. The standard InChI is InChI=1S/C31H43F2N3O4/c1-5-10-36(11-6-2)29(38)17-26-20(3)30(26)31(39)35-27(15-22-12-23(32)16-24(33)13-22)28(37)19-34-18-21-8-7-9-25(14-21)40-4/h7-9,12-14,16,20,26-28,30,34,37H,5-6,10-11,15,17-19H2,1-4H3,(H,35,39)/t20-,26+,27-,28+,30+/m0/s1. The number of aliphatic hydroxyl groups excluding tert-OH is 1. The zero-order chi connectivity index (χ0) is 29.2. The van der Waals surface area contributed by atoms with Gasteiger partial charge in [0.2, 0.25) is 11.8 Å². The maximum absolute atomic E-state index is 13.9. The summed E-state index contributed by atoms with van der Waals surface area (Å²) in [7, 11) is 1.59. The lowest BCUT2D eigenvalue weighted by molar-refractivity contribution is -0.131. The van der Waals surface area contributed by atoms with Crippen LogP contribution < -0.4 is 15.4 Å². The quantitative estimate of drug-likeness (QED) is 0.289. The molecule has 0 saturated heterocycles. The van der Waals surface area contributed by atoms with Crippen LogP contribution in [0, 0.1) is 29.4 Å². The lowest BCUT2D eigenvalue weighted by atomic mass is 10.00. The molecule has 220 valence electrons. The van der Waals surface area contributed by atoms with Crippen molar-refractivity contribution < 1.29 is 28.2 Å². The zero-order valence-electron chi connectivity index (χ0n) is 24.0. The Labute approximate surface area is 236 Å². The van der Waals surface area contributed by atoms with Gasteiger partial charge in [-0.15, -0.1) is 0 Å². The highest BCUT2D eigenvalue weighted by atomic mass is 19.1. The highest BCUT2D eigenvalue weighted by molar-refractivity contribution is 5.85. The highest BCUT2D eigenvalue weighted by Crippen LogP contribution is 2.48. The van der Waals surface area contributed by atoms with Gasteiger partial charge in [0.1, 0.15) is 17.4 Å². The molecule has 0 spiro atoms. The minimum Gasteiger partial charge on any atom is -0.497 e. The van der Waals surface area contributed by atoms with Crippen LogP contribution in [0.4, 0.5) is 8.78 Å². The molecule has 1 aliphatic rings. The monoisotopic (exact) mass is 559 g/mol. The van der Waals surface area contributed by atoms with Crippen LogP contribution in [0.25, 0.3) is 0 Å². The van der Waals surface area contributed by atoms with Gasteiger partial charge < -0.3 is 25.4 Å². The maximum Gasteiger partial charge on any atom is 0.224 e. The van der Waals surface area contributed by atoms with Gasteiger partial charge in [-0.25, -0.2) is 8.78 Å². The Morgan fingerprint density at radius 2 is 1.73 bits per heavy atom. The van der Waals surface area contributed by atoms with Crippen LogP contribution in [0.3, 0.4) is 0 Å². The minimum atomic E-state index is -1.03. The van der Waals surface area contributed by atoms with Gasteiger partial charge in [0.25, 0.3) is 0 Å². The van der Waals surface area contributed by atoms with Gasteiger partial charge in [-0.2, -0.15) is 0 Å². The Morgan fingerprint density at radius 1 is 1.05 bits per heavy atom. The number of nitrogens with one attached hydrogen (secondary N) is 2. The molecule has 2 aromatic rings. The molecule has 0 bridgehead atoms. The summed E-state index contributed by atoms with van der Waals surface area (Å²) in [4.78, 5) is 28.0. The summed E-state index contributed by atoms with van der Waals surface area (Å²) in [6.45, 7) is 8.03. The fraction of sp³-hybridized carbons (Fsp3) is 0.548. The van der Waals surface area contributed by atoms with E-state index in [0.717, 1.165) is 30.2 Å². The molecule has 3 N–H and O–H groups in total. The number of nitrogens with zero attached hydrogens (tertiary/aromatic N) is 1. The molecule has 5 atom stereocenters. The molecule has 40 heavy (non-hydrogen) atoms. The first-order chi connectivity index (χ1) is 19.2. The van der Waals surface area contributed by atoms with Crippen molar-refractivity contribution in [3.63, 3.8) is 0 Å². The van der Waals surface area contributed by atoms with Crippen molar-refractivity contribution in [2.45, 2.75) is 65.1 Å². The molecule has 0 unspecified atom stereocenters. The largest absolute Gasteiger partial charge is 0.497 e. The Morgan fingerprint density at radius 3 is 2.35 bits per heavy atom. The van der Waals surface area contributed by atoms with Crippen molar-refractivity contribution in [2.24, 2.45) is 17.8 Å². The smallest absolute Gasteiger partial charge is 0.224 e. The number of ether oxygens (including phenoxy) is 1. The van der Waals surface area contributed by atoms with Gasteiger partial charge in [-0.1, -0.05) is 32.9 Å². The fourth-order valence-electron chi connectivity index (χ4n) is 5.36. The molecular formula is C31H43F2N3O4. The molecule has 9 heteroatoms. The van der Waals surface area contributed by atoms with Gasteiger partial charge >= 0.3 is 0 Å². The molecule has 3 rings (SSSR count). The summed E-state index contributed by atoms with van der Waals surface area (Å²) in [5.74, 6) is -1.30. The molecule has 0 aromatic heterocycles. The van der Waals surface area contributed by atoms with Crippen molar-refractivity contribution in [1.82, 2.24) is 15.5 Å². The predicted octanol–water partition coefficient (Wildman–Crippen LogP) is 4.07. The average Bonchev–Trinajstić information content (AvgIpc) is 3.55. The van der Waals surface area contributed by atoms with Gasteiger partial charge in [-0.05, 0) is 66.5 Å². The van der Waals surface area contributed by atoms with E-state index in [9.17, 15) is 23.5 Å². The van der Waals surface area contributed by atoms with Crippen LogP contribution in [0.15, 0.2) is 42.5 Å². The second-order valence-electron chi connectivity index (χ2n) is 10.8. The third-order valence-electron chi connectivity index (χ3n) is 7.60. The predicted molar refractivity (Wildman–Crippen MR) is 151 cm³/mol. The third kappa shape index (κ3) is 8.99. The van der Waals surface area contributed by atoms with Crippen molar-refractivity contribution in [2.75, 3.05) is 26.7 Å². The summed E-state index contributed by atoms with van der Waals surface area (Å²) in [5.41, 5.74) is 1.29. The number of aliphatic hydroxyl groups is 1.